The van der Waals surface area contributed by atoms with Gasteiger partial charge in [-0.1, -0.05) is 0 Å². The lowest BCUT2D eigenvalue weighted by Gasteiger charge is -2.23. The van der Waals surface area contributed by atoms with Crippen LogP contribution in [0.2, 0.25) is 0 Å². The summed E-state index contributed by atoms with van der Waals surface area (Å²) < 4.78 is 0. The number of hydrogen-bond acceptors (Lipinski definition) is 4. The van der Waals surface area contributed by atoms with Gasteiger partial charge in [0.2, 0.25) is 5.95 Å². The molecule has 0 amide bonds. The quantitative estimate of drug-likeness (QED) is 0.738. The zero-order valence-corrected chi connectivity index (χ0v) is 8.36. The van der Waals surface area contributed by atoms with E-state index in [1.807, 2.05) is 31.9 Å². The fraction of sp³-hybridized carbons (Fsp3) is 0.556. The lowest BCUT2D eigenvalue weighted by molar-refractivity contribution is 0.676. The van der Waals surface area contributed by atoms with E-state index >= 15 is 0 Å². The number of aromatic nitrogens is 2. The summed E-state index contributed by atoms with van der Waals surface area (Å²) in [5, 5.41) is 0. The van der Waals surface area contributed by atoms with Gasteiger partial charge < -0.3 is 10.6 Å². The summed E-state index contributed by atoms with van der Waals surface area (Å²) in [7, 11) is 1.95. The SMILES string of the molecule is Cc1ccnc(N(C)C(C)CN)n1. The smallest absolute Gasteiger partial charge is 0.225 e. The van der Waals surface area contributed by atoms with E-state index in [0.29, 0.717) is 6.54 Å². The molecule has 1 atom stereocenters. The van der Waals surface area contributed by atoms with E-state index in [1.54, 1.807) is 6.20 Å². The van der Waals surface area contributed by atoms with Crippen molar-refractivity contribution in [2.45, 2.75) is 19.9 Å². The summed E-state index contributed by atoms with van der Waals surface area (Å²) >= 11 is 0. The molecule has 0 aliphatic carbocycles. The molecule has 4 heteroatoms. The van der Waals surface area contributed by atoms with E-state index in [-0.39, 0.29) is 6.04 Å². The summed E-state index contributed by atoms with van der Waals surface area (Å²) in [5.41, 5.74) is 6.52. The number of nitrogens with two attached hydrogens (primary N) is 1. The van der Waals surface area contributed by atoms with Crippen LogP contribution in [0.3, 0.4) is 0 Å². The van der Waals surface area contributed by atoms with Crippen LogP contribution in [0.1, 0.15) is 12.6 Å². The summed E-state index contributed by atoms with van der Waals surface area (Å²) in [6.07, 6.45) is 1.76. The molecule has 2 N–H and O–H groups in total. The molecule has 0 radical (unpaired) electrons. The molecule has 72 valence electrons. The molecule has 1 rings (SSSR count). The van der Waals surface area contributed by atoms with Gasteiger partial charge in [-0.25, -0.2) is 9.97 Å². The van der Waals surface area contributed by atoms with Crippen molar-refractivity contribution < 1.29 is 0 Å². The van der Waals surface area contributed by atoms with Crippen molar-refractivity contribution in [3.8, 4) is 0 Å². The van der Waals surface area contributed by atoms with Crippen LogP contribution in [0, 0.1) is 6.92 Å². The number of rotatable bonds is 3. The summed E-state index contributed by atoms with van der Waals surface area (Å²) in [4.78, 5) is 10.4. The maximum absolute atomic E-state index is 5.55. The topological polar surface area (TPSA) is 55.0 Å². The highest BCUT2D eigenvalue weighted by molar-refractivity contribution is 5.30. The van der Waals surface area contributed by atoms with E-state index < -0.39 is 0 Å². The first-order valence-electron chi connectivity index (χ1n) is 4.37. The third-order valence-electron chi connectivity index (χ3n) is 2.10. The Labute approximate surface area is 78.8 Å². The Bertz CT molecular complexity index is 274. The Morgan fingerprint density at radius 1 is 1.62 bits per heavy atom. The van der Waals surface area contributed by atoms with Gasteiger partial charge in [0.15, 0.2) is 0 Å². The largest absolute Gasteiger partial charge is 0.340 e. The van der Waals surface area contributed by atoms with E-state index in [2.05, 4.69) is 9.97 Å². The zero-order valence-electron chi connectivity index (χ0n) is 8.36. The second-order valence-electron chi connectivity index (χ2n) is 3.19. The van der Waals surface area contributed by atoms with Crippen LogP contribution in [0.25, 0.3) is 0 Å². The van der Waals surface area contributed by atoms with Gasteiger partial charge in [-0.15, -0.1) is 0 Å². The normalized spacial score (nSPS) is 12.6. The van der Waals surface area contributed by atoms with Crippen molar-refractivity contribution in [1.82, 2.24) is 9.97 Å². The Balaban J connectivity index is 2.82. The molecule has 1 unspecified atom stereocenters. The first-order chi connectivity index (χ1) is 6.15. The van der Waals surface area contributed by atoms with Gasteiger partial charge in [-0.3, -0.25) is 0 Å². The van der Waals surface area contributed by atoms with Gasteiger partial charge in [0.25, 0.3) is 0 Å². The standard InChI is InChI=1S/C9H16N4/c1-7-4-5-11-9(12-7)13(3)8(2)6-10/h4-5,8H,6,10H2,1-3H3. The van der Waals surface area contributed by atoms with Crippen molar-refractivity contribution in [2.75, 3.05) is 18.5 Å². The van der Waals surface area contributed by atoms with Crippen LogP contribution in [0.5, 0.6) is 0 Å². The number of nitrogens with zero attached hydrogens (tertiary/aromatic N) is 3. The molecule has 0 saturated carbocycles. The minimum Gasteiger partial charge on any atom is -0.340 e. The predicted octanol–water partition coefficient (Wildman–Crippen LogP) is 0.568. The maximum atomic E-state index is 5.55. The fourth-order valence-electron chi connectivity index (χ4n) is 0.961. The lowest BCUT2D eigenvalue weighted by atomic mass is 10.3. The van der Waals surface area contributed by atoms with Gasteiger partial charge in [0.1, 0.15) is 0 Å². The Morgan fingerprint density at radius 3 is 2.85 bits per heavy atom. The van der Waals surface area contributed by atoms with Gasteiger partial charge in [0.05, 0.1) is 0 Å². The molecule has 0 aliphatic heterocycles. The van der Waals surface area contributed by atoms with Gasteiger partial charge in [0, 0.05) is 31.5 Å². The summed E-state index contributed by atoms with van der Waals surface area (Å²) in [6.45, 7) is 4.60. The van der Waals surface area contributed by atoms with E-state index in [4.69, 9.17) is 5.73 Å². The minimum absolute atomic E-state index is 0.266. The molecule has 0 aromatic carbocycles. The summed E-state index contributed by atoms with van der Waals surface area (Å²) in [5.74, 6) is 0.734. The molecule has 1 aromatic heterocycles. The van der Waals surface area contributed by atoms with Crippen molar-refractivity contribution in [3.05, 3.63) is 18.0 Å². The van der Waals surface area contributed by atoms with E-state index in [0.717, 1.165) is 11.6 Å². The fourth-order valence-corrected chi connectivity index (χ4v) is 0.961. The molecule has 0 bridgehead atoms. The zero-order chi connectivity index (χ0) is 9.84. The molecule has 13 heavy (non-hydrogen) atoms. The molecular weight excluding hydrogens is 164 g/mol. The van der Waals surface area contributed by atoms with Crippen LogP contribution >= 0.6 is 0 Å². The minimum atomic E-state index is 0.266. The Morgan fingerprint density at radius 2 is 2.31 bits per heavy atom. The van der Waals surface area contributed by atoms with Crippen LogP contribution in [-0.2, 0) is 0 Å². The first kappa shape index (κ1) is 9.92. The second-order valence-corrected chi connectivity index (χ2v) is 3.19. The highest BCUT2D eigenvalue weighted by atomic mass is 15.2. The van der Waals surface area contributed by atoms with Crippen molar-refractivity contribution >= 4 is 5.95 Å². The van der Waals surface area contributed by atoms with E-state index in [9.17, 15) is 0 Å². The van der Waals surface area contributed by atoms with Crippen LogP contribution < -0.4 is 10.6 Å². The summed E-state index contributed by atoms with van der Waals surface area (Å²) in [6, 6.07) is 2.14. The number of hydrogen-bond donors (Lipinski definition) is 1. The third-order valence-corrected chi connectivity index (χ3v) is 2.10. The molecule has 1 heterocycles. The Hall–Kier alpha value is -1.16. The van der Waals surface area contributed by atoms with Gasteiger partial charge in [-0.05, 0) is 19.9 Å². The van der Waals surface area contributed by atoms with Crippen LogP contribution in [0.15, 0.2) is 12.3 Å². The molecule has 0 fully saturated rings. The molecule has 0 saturated heterocycles. The average Bonchev–Trinajstić information content (AvgIpc) is 2.15. The average molecular weight is 180 g/mol. The maximum Gasteiger partial charge on any atom is 0.225 e. The highest BCUT2D eigenvalue weighted by Gasteiger charge is 2.09. The first-order valence-corrected chi connectivity index (χ1v) is 4.37. The van der Waals surface area contributed by atoms with Crippen molar-refractivity contribution in [1.29, 1.82) is 0 Å². The third kappa shape index (κ3) is 2.39. The van der Waals surface area contributed by atoms with Crippen molar-refractivity contribution in [2.24, 2.45) is 5.73 Å². The van der Waals surface area contributed by atoms with E-state index in [1.165, 1.54) is 0 Å². The molecular formula is C9H16N4. The number of likely N-dealkylation sites (N-methyl/N-ethyl adjacent to an activating group) is 1. The Kier molecular flexibility index (Phi) is 3.19. The molecule has 0 aliphatic rings. The molecule has 4 nitrogen and oxygen atoms in total. The van der Waals surface area contributed by atoms with Gasteiger partial charge in [-0.2, -0.15) is 0 Å². The monoisotopic (exact) mass is 180 g/mol. The highest BCUT2D eigenvalue weighted by Crippen LogP contribution is 2.07. The van der Waals surface area contributed by atoms with Crippen LogP contribution in [0.4, 0.5) is 5.95 Å². The van der Waals surface area contributed by atoms with Gasteiger partial charge >= 0.3 is 0 Å². The lowest BCUT2D eigenvalue weighted by Crippen LogP contribution is -2.36. The van der Waals surface area contributed by atoms with Crippen molar-refractivity contribution in [3.63, 3.8) is 0 Å². The predicted molar refractivity (Wildman–Crippen MR) is 53.7 cm³/mol. The number of aryl methyl sites for hydroxylation is 1. The second kappa shape index (κ2) is 4.18. The molecule has 1 aromatic rings. The molecule has 0 spiro atoms. The number of anilines is 1. The van der Waals surface area contributed by atoms with Crippen LogP contribution in [-0.4, -0.2) is 29.6 Å².